The highest BCUT2D eigenvalue weighted by Crippen LogP contribution is 2.32. The third-order valence-corrected chi connectivity index (χ3v) is 4.43. The second kappa shape index (κ2) is 9.01. The van der Waals surface area contributed by atoms with Crippen LogP contribution in [0, 0.1) is 0 Å². The summed E-state index contributed by atoms with van der Waals surface area (Å²) < 4.78 is 10.9. The average molecular weight is 306 g/mol. The van der Waals surface area contributed by atoms with Crippen molar-refractivity contribution in [2.75, 3.05) is 40.4 Å². The summed E-state index contributed by atoms with van der Waals surface area (Å²) in [7, 11) is 3.44. The van der Waals surface area contributed by atoms with Crippen LogP contribution in [-0.4, -0.2) is 45.3 Å². The fourth-order valence-corrected chi connectivity index (χ4v) is 3.16. The number of nitrogens with one attached hydrogen (secondary N) is 1. The number of benzene rings is 1. The molecule has 1 N–H and O–H groups in total. The summed E-state index contributed by atoms with van der Waals surface area (Å²) in [5.41, 5.74) is 1.31. The molecule has 0 saturated carbocycles. The molecule has 0 amide bonds. The van der Waals surface area contributed by atoms with Crippen molar-refractivity contribution in [1.82, 2.24) is 10.2 Å². The second-order valence-corrected chi connectivity index (χ2v) is 5.94. The smallest absolute Gasteiger partial charge is 0.122 e. The van der Waals surface area contributed by atoms with Crippen LogP contribution < -0.4 is 14.8 Å². The lowest BCUT2D eigenvalue weighted by Gasteiger charge is -2.35. The summed E-state index contributed by atoms with van der Waals surface area (Å²) in [6.07, 6.45) is 5.02. The molecule has 0 bridgehead atoms. The Hall–Kier alpha value is -1.26. The number of hydrogen-bond donors (Lipinski definition) is 1. The van der Waals surface area contributed by atoms with Crippen molar-refractivity contribution in [3.63, 3.8) is 0 Å². The Labute approximate surface area is 134 Å². The Morgan fingerprint density at radius 2 is 1.68 bits per heavy atom. The van der Waals surface area contributed by atoms with Crippen LogP contribution in [0.3, 0.4) is 0 Å². The molecular weight excluding hydrogens is 276 g/mol. The summed E-state index contributed by atoms with van der Waals surface area (Å²) >= 11 is 0. The lowest BCUT2D eigenvalue weighted by Crippen LogP contribution is -2.45. The van der Waals surface area contributed by atoms with Crippen LogP contribution in [0.4, 0.5) is 0 Å². The van der Waals surface area contributed by atoms with Crippen LogP contribution in [0.15, 0.2) is 18.2 Å². The lowest BCUT2D eigenvalue weighted by molar-refractivity contribution is 0.162. The molecule has 1 fully saturated rings. The van der Waals surface area contributed by atoms with Gasteiger partial charge in [-0.2, -0.15) is 0 Å². The summed E-state index contributed by atoms with van der Waals surface area (Å²) in [4.78, 5) is 2.60. The largest absolute Gasteiger partial charge is 0.497 e. The summed E-state index contributed by atoms with van der Waals surface area (Å²) in [5.74, 6) is 1.76. The topological polar surface area (TPSA) is 33.7 Å². The second-order valence-electron chi connectivity index (χ2n) is 5.94. The predicted octanol–water partition coefficient (Wildman–Crippen LogP) is 3.23. The minimum atomic E-state index is 0.456. The SMILES string of the molecule is CCCCC[C@@H](c1cc(OC)cc(OC)c1)N1CCNCC1. The van der Waals surface area contributed by atoms with Gasteiger partial charge in [0.15, 0.2) is 0 Å². The first-order valence-corrected chi connectivity index (χ1v) is 8.46. The molecule has 1 saturated heterocycles. The number of piperazine rings is 1. The van der Waals surface area contributed by atoms with Gasteiger partial charge in [-0.3, -0.25) is 4.90 Å². The maximum Gasteiger partial charge on any atom is 0.122 e. The Bertz CT molecular complexity index is 422. The molecule has 4 nitrogen and oxygen atoms in total. The zero-order valence-corrected chi connectivity index (χ0v) is 14.2. The van der Waals surface area contributed by atoms with Crippen molar-refractivity contribution in [2.45, 2.75) is 38.6 Å². The first kappa shape index (κ1) is 17.1. The van der Waals surface area contributed by atoms with Gasteiger partial charge in [0.2, 0.25) is 0 Å². The van der Waals surface area contributed by atoms with Crippen molar-refractivity contribution in [2.24, 2.45) is 0 Å². The number of rotatable bonds is 8. The third-order valence-electron chi connectivity index (χ3n) is 4.43. The fraction of sp³-hybridized carbons (Fsp3) is 0.667. The summed E-state index contributed by atoms with van der Waals surface area (Å²) in [5, 5.41) is 3.44. The van der Waals surface area contributed by atoms with E-state index in [1.165, 1.54) is 31.2 Å². The summed E-state index contributed by atoms with van der Waals surface area (Å²) in [6.45, 7) is 6.62. The summed E-state index contributed by atoms with van der Waals surface area (Å²) in [6, 6.07) is 6.74. The highest BCUT2D eigenvalue weighted by Gasteiger charge is 2.22. The Morgan fingerprint density at radius 3 is 2.23 bits per heavy atom. The van der Waals surface area contributed by atoms with Crippen LogP contribution in [0.25, 0.3) is 0 Å². The first-order chi connectivity index (χ1) is 10.8. The van der Waals surface area contributed by atoms with Gasteiger partial charge >= 0.3 is 0 Å². The normalized spacial score (nSPS) is 17.2. The van der Waals surface area contributed by atoms with Gasteiger partial charge in [0.1, 0.15) is 11.5 Å². The van der Waals surface area contributed by atoms with Crippen LogP contribution in [0.1, 0.15) is 44.2 Å². The molecule has 0 aliphatic carbocycles. The van der Waals surface area contributed by atoms with Gasteiger partial charge in [-0.25, -0.2) is 0 Å². The Morgan fingerprint density at radius 1 is 1.05 bits per heavy atom. The number of nitrogens with zero attached hydrogens (tertiary/aromatic N) is 1. The maximum atomic E-state index is 5.45. The monoisotopic (exact) mass is 306 g/mol. The highest BCUT2D eigenvalue weighted by atomic mass is 16.5. The van der Waals surface area contributed by atoms with Crippen LogP contribution in [-0.2, 0) is 0 Å². The Kier molecular flexibility index (Phi) is 7.00. The van der Waals surface area contributed by atoms with E-state index < -0.39 is 0 Å². The third kappa shape index (κ3) is 4.62. The predicted molar refractivity (Wildman–Crippen MR) is 90.9 cm³/mol. The molecule has 1 aliphatic heterocycles. The fourth-order valence-electron chi connectivity index (χ4n) is 3.16. The molecule has 0 spiro atoms. The molecule has 1 aliphatic rings. The molecule has 1 heterocycles. The van der Waals surface area contributed by atoms with Crippen molar-refractivity contribution in [3.05, 3.63) is 23.8 Å². The van der Waals surface area contributed by atoms with Crippen LogP contribution in [0.5, 0.6) is 11.5 Å². The van der Waals surface area contributed by atoms with Gasteiger partial charge in [-0.05, 0) is 24.1 Å². The van der Waals surface area contributed by atoms with E-state index in [0.29, 0.717) is 6.04 Å². The zero-order chi connectivity index (χ0) is 15.8. The van der Waals surface area contributed by atoms with E-state index in [1.54, 1.807) is 14.2 Å². The van der Waals surface area contributed by atoms with Crippen molar-refractivity contribution < 1.29 is 9.47 Å². The van der Waals surface area contributed by atoms with Gasteiger partial charge in [0, 0.05) is 38.3 Å². The molecule has 22 heavy (non-hydrogen) atoms. The van der Waals surface area contributed by atoms with Crippen LogP contribution in [0.2, 0.25) is 0 Å². The molecule has 1 aromatic carbocycles. The van der Waals surface area contributed by atoms with Gasteiger partial charge in [-0.15, -0.1) is 0 Å². The van der Waals surface area contributed by atoms with Gasteiger partial charge in [0.05, 0.1) is 14.2 Å². The van der Waals surface area contributed by atoms with Gasteiger partial charge < -0.3 is 14.8 Å². The van der Waals surface area contributed by atoms with E-state index in [0.717, 1.165) is 37.7 Å². The Balaban J connectivity index is 2.21. The van der Waals surface area contributed by atoms with Crippen molar-refractivity contribution in [1.29, 1.82) is 0 Å². The van der Waals surface area contributed by atoms with E-state index in [1.807, 2.05) is 6.07 Å². The zero-order valence-electron chi connectivity index (χ0n) is 14.2. The highest BCUT2D eigenvalue weighted by molar-refractivity contribution is 5.40. The molecule has 0 unspecified atom stereocenters. The lowest BCUT2D eigenvalue weighted by atomic mass is 9.97. The minimum Gasteiger partial charge on any atom is -0.497 e. The number of methoxy groups -OCH3 is 2. The van der Waals surface area contributed by atoms with Crippen LogP contribution >= 0.6 is 0 Å². The van der Waals surface area contributed by atoms with Crippen molar-refractivity contribution in [3.8, 4) is 11.5 Å². The van der Waals surface area contributed by atoms with E-state index in [2.05, 4.69) is 29.3 Å². The molecule has 0 radical (unpaired) electrons. The minimum absolute atomic E-state index is 0.456. The molecule has 124 valence electrons. The van der Waals surface area contributed by atoms with E-state index in [9.17, 15) is 0 Å². The van der Waals surface area contributed by atoms with E-state index in [-0.39, 0.29) is 0 Å². The first-order valence-electron chi connectivity index (χ1n) is 8.46. The number of hydrogen-bond acceptors (Lipinski definition) is 4. The number of unbranched alkanes of at least 4 members (excludes halogenated alkanes) is 2. The quantitative estimate of drug-likeness (QED) is 0.748. The van der Waals surface area contributed by atoms with E-state index >= 15 is 0 Å². The molecule has 0 aromatic heterocycles. The van der Waals surface area contributed by atoms with E-state index in [4.69, 9.17) is 9.47 Å². The van der Waals surface area contributed by atoms with Gasteiger partial charge in [-0.1, -0.05) is 26.2 Å². The molecule has 4 heteroatoms. The maximum absolute atomic E-state index is 5.45. The molecule has 1 atom stereocenters. The van der Waals surface area contributed by atoms with Gasteiger partial charge in [0.25, 0.3) is 0 Å². The molecular formula is C18H30N2O2. The molecule has 2 rings (SSSR count). The average Bonchev–Trinajstić information content (AvgIpc) is 2.59. The molecule has 1 aromatic rings. The standard InChI is InChI=1S/C18H30N2O2/c1-4-5-6-7-18(20-10-8-19-9-11-20)15-12-16(21-2)14-17(13-15)22-3/h12-14,18-19H,4-11H2,1-3H3/t18-/m0/s1. The van der Waals surface area contributed by atoms with Crippen molar-refractivity contribution >= 4 is 0 Å². The number of ether oxygens (including phenoxy) is 2.